The summed E-state index contributed by atoms with van der Waals surface area (Å²) < 4.78 is 9.87. The smallest absolute Gasteiger partial charge is 0.337 e. The van der Waals surface area contributed by atoms with Gasteiger partial charge >= 0.3 is 5.69 Å². The van der Waals surface area contributed by atoms with E-state index in [4.69, 9.17) is 4.74 Å². The summed E-state index contributed by atoms with van der Waals surface area (Å²) >= 11 is 0. The number of imidazole rings is 1. The van der Waals surface area contributed by atoms with E-state index >= 15 is 0 Å². The maximum atomic E-state index is 13.2. The van der Waals surface area contributed by atoms with Gasteiger partial charge in [-0.2, -0.15) is 0 Å². The average Bonchev–Trinajstić information content (AvgIpc) is 3.18. The highest BCUT2D eigenvalue weighted by molar-refractivity contribution is 5.72. The van der Waals surface area contributed by atoms with E-state index in [0.717, 1.165) is 11.3 Å². The van der Waals surface area contributed by atoms with Crippen molar-refractivity contribution < 1.29 is 4.74 Å². The third kappa shape index (κ3) is 3.67. The molecule has 31 heavy (non-hydrogen) atoms. The number of nitrogens with zero attached hydrogens (tertiary/aromatic N) is 4. The molecule has 0 N–H and O–H groups in total. The van der Waals surface area contributed by atoms with Crippen LogP contribution in [0.3, 0.4) is 0 Å². The maximum absolute atomic E-state index is 13.2. The van der Waals surface area contributed by atoms with Crippen LogP contribution in [-0.2, 0) is 13.1 Å². The van der Waals surface area contributed by atoms with Crippen molar-refractivity contribution in [2.24, 2.45) is 0 Å². The van der Waals surface area contributed by atoms with Crippen LogP contribution < -0.4 is 16.0 Å². The van der Waals surface area contributed by atoms with E-state index in [9.17, 15) is 9.59 Å². The molecule has 0 saturated heterocycles. The molecule has 4 rings (SSSR count). The lowest BCUT2D eigenvalue weighted by Crippen LogP contribution is -2.39. The minimum absolute atomic E-state index is 0.280. The zero-order chi connectivity index (χ0) is 22.1. The van der Waals surface area contributed by atoms with Gasteiger partial charge < -0.3 is 9.30 Å². The largest absolute Gasteiger partial charge is 0.497 e. The van der Waals surface area contributed by atoms with Crippen LogP contribution in [0.5, 0.6) is 5.75 Å². The first-order chi connectivity index (χ1) is 14.9. The molecule has 0 unspecified atom stereocenters. The molecule has 7 heteroatoms. The quantitative estimate of drug-likeness (QED) is 0.480. The predicted octanol–water partition coefficient (Wildman–Crippen LogP) is 3.55. The second kappa shape index (κ2) is 8.26. The predicted molar refractivity (Wildman–Crippen MR) is 121 cm³/mol. The standard InChI is InChI=1S/C24H26N4O3/c1-5-27-23(29)21-22(25-15-26(21)14-17-7-6-8-20(13-17)31-4)28(24(27)30)19-11-9-18(10-12-19)16(2)3/h6-13,15-16H,5,14H2,1-4H3. The summed E-state index contributed by atoms with van der Waals surface area (Å²) in [5.41, 5.74) is 2.88. The van der Waals surface area contributed by atoms with Crippen molar-refractivity contribution in [3.63, 3.8) is 0 Å². The molecule has 2 heterocycles. The zero-order valence-corrected chi connectivity index (χ0v) is 18.2. The van der Waals surface area contributed by atoms with Crippen LogP contribution in [-0.4, -0.2) is 25.8 Å². The molecule has 0 saturated carbocycles. The van der Waals surface area contributed by atoms with Gasteiger partial charge in [-0.05, 0) is 48.2 Å². The van der Waals surface area contributed by atoms with Gasteiger partial charge in [0.15, 0.2) is 11.2 Å². The van der Waals surface area contributed by atoms with Gasteiger partial charge in [0.05, 0.1) is 19.1 Å². The Morgan fingerprint density at radius 2 is 1.81 bits per heavy atom. The van der Waals surface area contributed by atoms with Gasteiger partial charge in [-0.3, -0.25) is 9.36 Å². The summed E-state index contributed by atoms with van der Waals surface area (Å²) in [6, 6.07) is 15.5. The highest BCUT2D eigenvalue weighted by atomic mass is 16.5. The number of hydrogen-bond donors (Lipinski definition) is 0. The van der Waals surface area contributed by atoms with Crippen molar-refractivity contribution in [1.29, 1.82) is 0 Å². The molecule has 0 aliphatic heterocycles. The van der Waals surface area contributed by atoms with E-state index in [-0.39, 0.29) is 17.8 Å². The Labute approximate surface area is 180 Å². The third-order valence-electron chi connectivity index (χ3n) is 5.52. The maximum Gasteiger partial charge on any atom is 0.337 e. The Morgan fingerprint density at radius 3 is 2.45 bits per heavy atom. The lowest BCUT2D eigenvalue weighted by molar-refractivity contribution is 0.414. The molecule has 0 spiro atoms. The number of benzene rings is 2. The van der Waals surface area contributed by atoms with Crippen molar-refractivity contribution in [2.45, 2.75) is 39.8 Å². The number of aromatic nitrogens is 4. The van der Waals surface area contributed by atoms with Crippen molar-refractivity contribution in [1.82, 2.24) is 18.7 Å². The molecule has 0 aliphatic rings. The summed E-state index contributed by atoms with van der Waals surface area (Å²) in [5.74, 6) is 1.13. The molecule has 0 fully saturated rings. The lowest BCUT2D eigenvalue weighted by Gasteiger charge is -2.13. The van der Waals surface area contributed by atoms with Gasteiger partial charge in [0.1, 0.15) is 5.75 Å². The molecular formula is C24H26N4O3. The van der Waals surface area contributed by atoms with E-state index in [1.54, 1.807) is 24.9 Å². The van der Waals surface area contributed by atoms with E-state index in [2.05, 4.69) is 18.8 Å². The molecule has 2 aromatic carbocycles. The molecule has 7 nitrogen and oxygen atoms in total. The Balaban J connectivity index is 1.91. The van der Waals surface area contributed by atoms with Crippen molar-refractivity contribution in [3.8, 4) is 11.4 Å². The second-order valence-corrected chi connectivity index (χ2v) is 7.81. The van der Waals surface area contributed by atoms with Crippen LogP contribution in [0, 0.1) is 0 Å². The van der Waals surface area contributed by atoms with Crippen LogP contribution in [0.15, 0.2) is 64.4 Å². The number of fused-ring (bicyclic) bond motifs is 1. The van der Waals surface area contributed by atoms with Crippen molar-refractivity contribution >= 4 is 11.2 Å². The second-order valence-electron chi connectivity index (χ2n) is 7.81. The van der Waals surface area contributed by atoms with Crippen LogP contribution in [0.2, 0.25) is 0 Å². The van der Waals surface area contributed by atoms with Crippen LogP contribution in [0.4, 0.5) is 0 Å². The minimum atomic E-state index is -0.385. The SMILES string of the molecule is CCn1c(=O)c2c(ncn2Cc2cccc(OC)c2)n(-c2ccc(C(C)C)cc2)c1=O. The number of methoxy groups -OCH3 is 1. The summed E-state index contributed by atoms with van der Waals surface area (Å²) in [6.07, 6.45) is 1.62. The van der Waals surface area contributed by atoms with Crippen LogP contribution in [0.25, 0.3) is 16.9 Å². The van der Waals surface area contributed by atoms with E-state index in [1.165, 1.54) is 14.7 Å². The van der Waals surface area contributed by atoms with Crippen LogP contribution >= 0.6 is 0 Å². The Kier molecular flexibility index (Phi) is 5.50. The molecule has 160 valence electrons. The summed E-state index contributed by atoms with van der Waals surface area (Å²) in [6.45, 7) is 6.76. The fraction of sp³-hybridized carbons (Fsp3) is 0.292. The molecule has 0 amide bonds. The molecule has 2 aromatic heterocycles. The number of hydrogen-bond acceptors (Lipinski definition) is 4. The minimum Gasteiger partial charge on any atom is -0.497 e. The third-order valence-corrected chi connectivity index (χ3v) is 5.52. The highest BCUT2D eigenvalue weighted by Gasteiger charge is 2.19. The summed E-state index contributed by atoms with van der Waals surface area (Å²) in [7, 11) is 1.62. The Hall–Kier alpha value is -3.61. The monoisotopic (exact) mass is 418 g/mol. The zero-order valence-electron chi connectivity index (χ0n) is 18.2. The first kappa shape index (κ1) is 20.7. The lowest BCUT2D eigenvalue weighted by atomic mass is 10.0. The van der Waals surface area contributed by atoms with Crippen molar-refractivity contribution in [2.75, 3.05) is 7.11 Å². The van der Waals surface area contributed by atoms with Gasteiger partial charge in [-0.25, -0.2) is 14.3 Å². The van der Waals surface area contributed by atoms with Crippen LogP contribution in [0.1, 0.15) is 37.8 Å². The molecule has 0 radical (unpaired) electrons. The molecule has 0 aliphatic carbocycles. The van der Waals surface area contributed by atoms with Gasteiger partial charge in [0.2, 0.25) is 0 Å². The number of ether oxygens (including phenoxy) is 1. The first-order valence-corrected chi connectivity index (χ1v) is 10.4. The van der Waals surface area contributed by atoms with Gasteiger partial charge in [-0.1, -0.05) is 38.1 Å². The summed E-state index contributed by atoms with van der Waals surface area (Å²) in [4.78, 5) is 30.8. The summed E-state index contributed by atoms with van der Waals surface area (Å²) in [5, 5.41) is 0. The molecular weight excluding hydrogens is 392 g/mol. The highest BCUT2D eigenvalue weighted by Crippen LogP contribution is 2.19. The van der Waals surface area contributed by atoms with Gasteiger partial charge in [0.25, 0.3) is 5.56 Å². The Bertz CT molecular complexity index is 1340. The van der Waals surface area contributed by atoms with E-state index in [1.807, 2.05) is 48.5 Å². The molecule has 4 aromatic rings. The topological polar surface area (TPSA) is 71.0 Å². The van der Waals surface area contributed by atoms with Gasteiger partial charge in [0, 0.05) is 13.1 Å². The van der Waals surface area contributed by atoms with Gasteiger partial charge in [-0.15, -0.1) is 0 Å². The Morgan fingerprint density at radius 1 is 1.06 bits per heavy atom. The first-order valence-electron chi connectivity index (χ1n) is 10.4. The van der Waals surface area contributed by atoms with Crippen molar-refractivity contribution in [3.05, 3.63) is 86.8 Å². The van der Waals surface area contributed by atoms with E-state index < -0.39 is 0 Å². The van der Waals surface area contributed by atoms with E-state index in [0.29, 0.717) is 29.3 Å². The normalized spacial score (nSPS) is 11.4. The fourth-order valence-corrected chi connectivity index (χ4v) is 3.79. The number of rotatable bonds is 6. The fourth-order valence-electron chi connectivity index (χ4n) is 3.79. The average molecular weight is 418 g/mol. The molecule has 0 bridgehead atoms. The molecule has 0 atom stereocenters.